The smallest absolute Gasteiger partial charge is 0.0530 e. The molecular weight excluding hydrogens is 230 g/mol. The molecule has 0 unspecified atom stereocenters. The molecule has 0 aromatic carbocycles. The first kappa shape index (κ1) is 14.8. The molecule has 1 aromatic heterocycles. The van der Waals surface area contributed by atoms with Crippen LogP contribution >= 0.6 is 21.6 Å². The van der Waals surface area contributed by atoms with Gasteiger partial charge in [0.2, 0.25) is 0 Å². The Balaban J connectivity index is 0.000000262. The summed E-state index contributed by atoms with van der Waals surface area (Å²) in [6.45, 7) is 2.42. The zero-order chi connectivity index (χ0) is 11.4. The second kappa shape index (κ2) is 11.8. The third kappa shape index (κ3) is 11.7. The van der Waals surface area contributed by atoms with Crippen molar-refractivity contribution in [1.82, 2.24) is 4.98 Å². The van der Waals surface area contributed by atoms with E-state index in [1.54, 1.807) is 27.8 Å². The normalized spacial score (nSPS) is 9.27. The fraction of sp³-hybridized carbons (Fsp3) is 0.500. The lowest BCUT2D eigenvalue weighted by Crippen LogP contribution is -1.85. The molecule has 2 N–H and O–H groups in total. The van der Waals surface area contributed by atoms with Gasteiger partial charge in [-0.2, -0.15) is 0 Å². The molecule has 0 aliphatic heterocycles. The molecule has 0 aliphatic rings. The molecule has 1 heterocycles. The topological polar surface area (TPSA) is 53.4 Å². The lowest BCUT2D eigenvalue weighted by atomic mass is 10.4. The maximum Gasteiger partial charge on any atom is 0.0530 e. The van der Waals surface area contributed by atoms with Gasteiger partial charge >= 0.3 is 0 Å². The van der Waals surface area contributed by atoms with Gasteiger partial charge in [-0.25, -0.2) is 0 Å². The van der Waals surface area contributed by atoms with Crippen molar-refractivity contribution in [1.29, 1.82) is 0 Å². The maximum absolute atomic E-state index is 8.27. The Kier molecular flexibility index (Phi) is 11.7. The Morgan fingerprint density at radius 2 is 1.73 bits per heavy atom. The molecule has 0 saturated carbocycles. The van der Waals surface area contributed by atoms with Crippen LogP contribution in [0.4, 0.5) is 0 Å². The van der Waals surface area contributed by atoms with Crippen molar-refractivity contribution in [3.05, 3.63) is 30.1 Å². The van der Waals surface area contributed by atoms with Crippen molar-refractivity contribution < 1.29 is 10.2 Å². The van der Waals surface area contributed by atoms with Gasteiger partial charge in [0.15, 0.2) is 0 Å². The van der Waals surface area contributed by atoms with Crippen molar-refractivity contribution in [2.75, 3.05) is 24.7 Å². The summed E-state index contributed by atoms with van der Waals surface area (Å²) in [7, 11) is 3.17. The molecule has 0 bridgehead atoms. The summed E-state index contributed by atoms with van der Waals surface area (Å²) in [4.78, 5) is 3.98. The molecule has 15 heavy (non-hydrogen) atoms. The summed E-state index contributed by atoms with van der Waals surface area (Å²) < 4.78 is 0. The number of aromatic nitrogens is 1. The summed E-state index contributed by atoms with van der Waals surface area (Å²) in [5.74, 6) is 1.51. The summed E-state index contributed by atoms with van der Waals surface area (Å²) in [5, 5.41) is 16.5. The Bertz CT molecular complexity index is 216. The molecule has 0 aliphatic carbocycles. The minimum atomic E-state index is 0.225. The third-order valence-electron chi connectivity index (χ3n) is 1.25. The highest BCUT2D eigenvalue weighted by molar-refractivity contribution is 8.76. The fourth-order valence-electron chi connectivity index (χ4n) is 0.641. The van der Waals surface area contributed by atoms with Gasteiger partial charge in [-0.15, -0.1) is 0 Å². The van der Waals surface area contributed by atoms with Crippen molar-refractivity contribution in [2.45, 2.75) is 6.92 Å². The average Bonchev–Trinajstić information content (AvgIpc) is 2.27. The van der Waals surface area contributed by atoms with Crippen LogP contribution in [0.5, 0.6) is 0 Å². The van der Waals surface area contributed by atoms with Crippen LogP contribution in [0.15, 0.2) is 24.4 Å². The van der Waals surface area contributed by atoms with E-state index >= 15 is 0 Å². The molecule has 1 aromatic rings. The van der Waals surface area contributed by atoms with Crippen LogP contribution in [0.25, 0.3) is 0 Å². The van der Waals surface area contributed by atoms with E-state index in [0.29, 0.717) is 0 Å². The third-order valence-corrected chi connectivity index (χ3v) is 3.61. The van der Waals surface area contributed by atoms with Crippen LogP contribution in [-0.2, 0) is 0 Å². The Hall–Kier alpha value is -0.230. The van der Waals surface area contributed by atoms with Gasteiger partial charge < -0.3 is 10.2 Å². The predicted octanol–water partition coefficient (Wildman–Crippen LogP) is 1.74. The minimum Gasteiger partial charge on any atom is -0.395 e. The zero-order valence-corrected chi connectivity index (χ0v) is 10.4. The van der Waals surface area contributed by atoms with Gasteiger partial charge in [-0.05, 0) is 19.1 Å². The first-order chi connectivity index (χ1) is 7.31. The molecule has 86 valence electrons. The first-order valence-corrected chi connectivity index (χ1v) is 7.13. The van der Waals surface area contributed by atoms with Gasteiger partial charge in [0.1, 0.15) is 0 Å². The van der Waals surface area contributed by atoms with Crippen LogP contribution in [0.3, 0.4) is 0 Å². The summed E-state index contributed by atoms with van der Waals surface area (Å²) in [6, 6.07) is 5.86. The van der Waals surface area contributed by atoms with Crippen LogP contribution in [-0.4, -0.2) is 39.9 Å². The Labute approximate surface area is 98.7 Å². The predicted molar refractivity (Wildman–Crippen MR) is 68.1 cm³/mol. The lowest BCUT2D eigenvalue weighted by molar-refractivity contribution is 0.322. The molecule has 0 amide bonds. The van der Waals surface area contributed by atoms with Gasteiger partial charge in [0, 0.05) is 23.4 Å². The van der Waals surface area contributed by atoms with Crippen LogP contribution in [0.2, 0.25) is 0 Å². The maximum atomic E-state index is 8.27. The van der Waals surface area contributed by atoms with E-state index in [0.717, 1.165) is 17.2 Å². The van der Waals surface area contributed by atoms with Crippen LogP contribution in [0.1, 0.15) is 5.69 Å². The highest BCUT2D eigenvalue weighted by Crippen LogP contribution is 2.18. The number of nitrogens with zero attached hydrogens (tertiary/aromatic N) is 1. The molecule has 0 fully saturated rings. The molecule has 3 nitrogen and oxygen atoms in total. The van der Waals surface area contributed by atoms with Crippen LogP contribution in [0, 0.1) is 6.92 Å². The summed E-state index contributed by atoms with van der Waals surface area (Å²) >= 11 is 0. The zero-order valence-electron chi connectivity index (χ0n) is 8.80. The van der Waals surface area contributed by atoms with Crippen molar-refractivity contribution in [3.8, 4) is 0 Å². The van der Waals surface area contributed by atoms with E-state index in [1.807, 2.05) is 25.1 Å². The summed E-state index contributed by atoms with van der Waals surface area (Å²) in [6.07, 6.45) is 1.79. The molecule has 1 rings (SSSR count). The number of aliphatic hydroxyl groups excluding tert-OH is 2. The minimum absolute atomic E-state index is 0.225. The Morgan fingerprint density at radius 3 is 2.00 bits per heavy atom. The van der Waals surface area contributed by atoms with E-state index in [-0.39, 0.29) is 13.2 Å². The second-order valence-corrected chi connectivity index (χ2v) is 5.26. The fourth-order valence-corrected chi connectivity index (χ4v) is 2.18. The van der Waals surface area contributed by atoms with E-state index < -0.39 is 0 Å². The van der Waals surface area contributed by atoms with Gasteiger partial charge in [-0.3, -0.25) is 4.98 Å². The largest absolute Gasteiger partial charge is 0.395 e. The Morgan fingerprint density at radius 1 is 1.13 bits per heavy atom. The molecule has 0 saturated heterocycles. The number of hydrogen-bond donors (Lipinski definition) is 2. The van der Waals surface area contributed by atoms with Crippen LogP contribution < -0.4 is 0 Å². The van der Waals surface area contributed by atoms with E-state index in [1.165, 1.54) is 0 Å². The highest BCUT2D eigenvalue weighted by atomic mass is 33.1. The van der Waals surface area contributed by atoms with Crippen molar-refractivity contribution >= 4 is 21.6 Å². The van der Waals surface area contributed by atoms with Crippen molar-refractivity contribution in [2.24, 2.45) is 0 Å². The van der Waals surface area contributed by atoms with Gasteiger partial charge in [0.25, 0.3) is 0 Å². The van der Waals surface area contributed by atoms with E-state index in [9.17, 15) is 0 Å². The molecule has 0 spiro atoms. The molecule has 5 heteroatoms. The van der Waals surface area contributed by atoms with Crippen molar-refractivity contribution in [3.63, 3.8) is 0 Å². The van der Waals surface area contributed by atoms with E-state index in [2.05, 4.69) is 4.98 Å². The molecule has 0 atom stereocenters. The first-order valence-electron chi connectivity index (χ1n) is 4.65. The number of pyridine rings is 1. The number of hydrogen-bond acceptors (Lipinski definition) is 5. The number of aliphatic hydroxyl groups is 2. The number of aryl methyl sites for hydroxylation is 1. The molecular formula is C10H17NO2S2. The SMILES string of the molecule is Cc1ccccn1.OCCSSCCO. The lowest BCUT2D eigenvalue weighted by Gasteiger charge is -1.93. The summed E-state index contributed by atoms with van der Waals surface area (Å²) in [5.41, 5.74) is 1.07. The standard InChI is InChI=1S/C6H7N.C4H10O2S2/c1-6-4-2-3-5-7-6;5-1-3-7-8-4-2-6/h2-5H,1H3;5-6H,1-4H2. The highest BCUT2D eigenvalue weighted by Gasteiger charge is 1.85. The monoisotopic (exact) mass is 247 g/mol. The van der Waals surface area contributed by atoms with E-state index in [4.69, 9.17) is 10.2 Å². The second-order valence-electron chi connectivity index (χ2n) is 2.56. The average molecular weight is 247 g/mol. The van der Waals surface area contributed by atoms with Gasteiger partial charge in [-0.1, -0.05) is 27.7 Å². The molecule has 0 radical (unpaired) electrons. The van der Waals surface area contributed by atoms with Gasteiger partial charge in [0.05, 0.1) is 13.2 Å². The quantitative estimate of drug-likeness (QED) is 0.613. The number of rotatable bonds is 5.